The van der Waals surface area contributed by atoms with Crippen LogP contribution in [-0.4, -0.2) is 17.0 Å². The first-order valence-electron chi connectivity index (χ1n) is 4.23. The molecule has 2 bridgehead atoms. The van der Waals surface area contributed by atoms with Crippen molar-refractivity contribution in [3.63, 3.8) is 0 Å². The first-order valence-corrected chi connectivity index (χ1v) is 5.28. The van der Waals surface area contributed by atoms with E-state index in [1.165, 1.54) is 18.6 Å². The van der Waals surface area contributed by atoms with Crippen LogP contribution in [0, 0.1) is 17.8 Å². The Bertz CT molecular complexity index is 169. The average Bonchev–Trinajstić information content (AvgIpc) is 2.43. The van der Waals surface area contributed by atoms with E-state index in [1.807, 2.05) is 0 Å². The predicted octanol–water partition coefficient (Wildman–Crippen LogP) is 1.09. The summed E-state index contributed by atoms with van der Waals surface area (Å²) in [5.74, 6) is 4.43. The lowest BCUT2D eigenvalue weighted by Gasteiger charge is -2.23. The molecule has 1 nitrogen and oxygen atoms in total. The quantitative estimate of drug-likeness (QED) is 0.566. The fourth-order valence-electron chi connectivity index (χ4n) is 3.13. The van der Waals surface area contributed by atoms with Gasteiger partial charge in [-0.05, 0) is 36.3 Å². The van der Waals surface area contributed by atoms with E-state index in [-0.39, 0.29) is 0 Å². The van der Waals surface area contributed by atoms with E-state index in [9.17, 15) is 0 Å². The summed E-state index contributed by atoms with van der Waals surface area (Å²) in [5.41, 5.74) is 6.08. The molecule has 0 amide bonds. The van der Waals surface area contributed by atoms with Gasteiger partial charge in [0.25, 0.3) is 0 Å². The third-order valence-corrected chi connectivity index (χ3v) is 5.30. The van der Waals surface area contributed by atoms with Crippen LogP contribution in [-0.2, 0) is 0 Å². The van der Waals surface area contributed by atoms with Gasteiger partial charge in [-0.2, -0.15) is 11.8 Å². The Kier molecular flexibility index (Phi) is 1.02. The van der Waals surface area contributed by atoms with E-state index in [2.05, 4.69) is 11.8 Å². The molecule has 3 aliphatic rings. The molecule has 1 saturated heterocycles. The van der Waals surface area contributed by atoms with Gasteiger partial charge in [-0.1, -0.05) is 0 Å². The van der Waals surface area contributed by atoms with Crippen molar-refractivity contribution >= 4 is 11.8 Å². The molecule has 3 rings (SSSR count). The Morgan fingerprint density at radius 1 is 1.20 bits per heavy atom. The Balaban J connectivity index is 2.00. The highest BCUT2D eigenvalue weighted by atomic mass is 32.2. The van der Waals surface area contributed by atoms with Gasteiger partial charge in [-0.15, -0.1) is 0 Å². The minimum atomic E-state index is 0.564. The SMILES string of the molecule is N[C@@H]1[C@H]2C[C@H]3CS[C@@H]1[C@H]3C2. The summed E-state index contributed by atoms with van der Waals surface area (Å²) < 4.78 is 0. The lowest BCUT2D eigenvalue weighted by molar-refractivity contribution is 0.362. The number of hydrogen-bond acceptors (Lipinski definition) is 2. The normalized spacial score (nSPS) is 63.9. The molecule has 0 radical (unpaired) electrons. The maximum absolute atomic E-state index is 6.08. The Morgan fingerprint density at radius 3 is 2.80 bits per heavy atom. The molecule has 10 heavy (non-hydrogen) atoms. The van der Waals surface area contributed by atoms with Crippen molar-refractivity contribution in [1.29, 1.82) is 0 Å². The minimum absolute atomic E-state index is 0.564. The van der Waals surface area contributed by atoms with Gasteiger partial charge in [-0.25, -0.2) is 0 Å². The smallest absolute Gasteiger partial charge is 0.0233 e. The zero-order chi connectivity index (χ0) is 6.72. The number of thioether (sulfide) groups is 1. The van der Waals surface area contributed by atoms with Crippen LogP contribution in [0.15, 0.2) is 0 Å². The fourth-order valence-corrected chi connectivity index (χ4v) is 5.01. The number of rotatable bonds is 0. The van der Waals surface area contributed by atoms with Gasteiger partial charge in [-0.3, -0.25) is 0 Å². The first kappa shape index (κ1) is 5.90. The summed E-state index contributed by atoms with van der Waals surface area (Å²) in [5, 5.41) is 0.865. The summed E-state index contributed by atoms with van der Waals surface area (Å²) in [6.07, 6.45) is 2.92. The summed E-state index contributed by atoms with van der Waals surface area (Å²) >= 11 is 2.15. The topological polar surface area (TPSA) is 26.0 Å². The van der Waals surface area contributed by atoms with Crippen LogP contribution < -0.4 is 5.73 Å². The highest BCUT2D eigenvalue weighted by Crippen LogP contribution is 2.58. The highest BCUT2D eigenvalue weighted by molar-refractivity contribution is 8.00. The molecular formula is C8H13NS. The second kappa shape index (κ2) is 1.72. The molecule has 0 aromatic heterocycles. The van der Waals surface area contributed by atoms with E-state index >= 15 is 0 Å². The molecule has 56 valence electrons. The van der Waals surface area contributed by atoms with Gasteiger partial charge in [0.05, 0.1) is 0 Å². The van der Waals surface area contributed by atoms with Crippen molar-refractivity contribution in [3.05, 3.63) is 0 Å². The summed E-state index contributed by atoms with van der Waals surface area (Å²) in [6.45, 7) is 0. The largest absolute Gasteiger partial charge is 0.326 e. The molecule has 2 heteroatoms. The van der Waals surface area contributed by atoms with Crippen LogP contribution in [0.4, 0.5) is 0 Å². The lowest BCUT2D eigenvalue weighted by atomic mass is 9.88. The molecule has 0 spiro atoms. The molecule has 1 aliphatic heterocycles. The number of fused-ring (bicyclic) bond motifs is 1. The first-order chi connectivity index (χ1) is 4.86. The Hall–Kier alpha value is 0.310. The van der Waals surface area contributed by atoms with E-state index in [1.54, 1.807) is 0 Å². The number of hydrogen-bond donors (Lipinski definition) is 1. The van der Waals surface area contributed by atoms with Crippen LogP contribution in [0.2, 0.25) is 0 Å². The van der Waals surface area contributed by atoms with E-state index < -0.39 is 0 Å². The monoisotopic (exact) mass is 155 g/mol. The van der Waals surface area contributed by atoms with Crippen molar-refractivity contribution in [2.75, 3.05) is 5.75 Å². The van der Waals surface area contributed by atoms with Crippen LogP contribution in [0.1, 0.15) is 12.8 Å². The zero-order valence-corrected chi connectivity index (χ0v) is 6.81. The van der Waals surface area contributed by atoms with Crippen LogP contribution in [0.25, 0.3) is 0 Å². The fraction of sp³-hybridized carbons (Fsp3) is 1.00. The van der Waals surface area contributed by atoms with Gasteiger partial charge < -0.3 is 5.73 Å². The van der Waals surface area contributed by atoms with Crippen LogP contribution in [0.5, 0.6) is 0 Å². The van der Waals surface area contributed by atoms with Gasteiger partial charge in [0.15, 0.2) is 0 Å². The lowest BCUT2D eigenvalue weighted by Crippen LogP contribution is -2.37. The summed E-state index contributed by atoms with van der Waals surface area (Å²) in [7, 11) is 0. The Labute approximate surface area is 65.7 Å². The molecule has 1 heterocycles. The summed E-state index contributed by atoms with van der Waals surface area (Å²) in [6, 6.07) is 0.564. The molecule has 2 saturated carbocycles. The predicted molar refractivity (Wildman–Crippen MR) is 43.9 cm³/mol. The molecule has 2 aliphatic carbocycles. The second-order valence-corrected chi connectivity index (χ2v) is 5.24. The van der Waals surface area contributed by atoms with Gasteiger partial charge in [0.2, 0.25) is 0 Å². The van der Waals surface area contributed by atoms with E-state index in [4.69, 9.17) is 5.73 Å². The highest BCUT2D eigenvalue weighted by Gasteiger charge is 2.54. The maximum atomic E-state index is 6.08. The molecule has 3 fully saturated rings. The van der Waals surface area contributed by atoms with Crippen molar-refractivity contribution in [1.82, 2.24) is 0 Å². The van der Waals surface area contributed by atoms with E-state index in [0.717, 1.165) is 23.0 Å². The van der Waals surface area contributed by atoms with Crippen LogP contribution in [0.3, 0.4) is 0 Å². The van der Waals surface area contributed by atoms with Crippen molar-refractivity contribution < 1.29 is 0 Å². The summed E-state index contributed by atoms with van der Waals surface area (Å²) in [4.78, 5) is 0. The van der Waals surface area contributed by atoms with Crippen LogP contribution >= 0.6 is 11.8 Å². The van der Waals surface area contributed by atoms with Gasteiger partial charge in [0.1, 0.15) is 0 Å². The third kappa shape index (κ3) is 0.517. The van der Waals surface area contributed by atoms with Crippen molar-refractivity contribution in [3.8, 4) is 0 Å². The molecule has 0 unspecified atom stereocenters. The molecular weight excluding hydrogens is 142 g/mol. The maximum Gasteiger partial charge on any atom is 0.0233 e. The molecule has 5 atom stereocenters. The molecule has 0 aromatic carbocycles. The van der Waals surface area contributed by atoms with Crippen molar-refractivity contribution in [2.45, 2.75) is 24.1 Å². The third-order valence-electron chi connectivity index (χ3n) is 3.63. The van der Waals surface area contributed by atoms with Gasteiger partial charge >= 0.3 is 0 Å². The molecule has 2 N–H and O–H groups in total. The van der Waals surface area contributed by atoms with Gasteiger partial charge in [0, 0.05) is 11.3 Å². The second-order valence-electron chi connectivity index (χ2n) is 4.03. The number of nitrogens with two attached hydrogens (primary N) is 1. The van der Waals surface area contributed by atoms with Crippen molar-refractivity contribution in [2.24, 2.45) is 23.5 Å². The zero-order valence-electron chi connectivity index (χ0n) is 5.99. The minimum Gasteiger partial charge on any atom is -0.326 e. The average molecular weight is 155 g/mol. The Morgan fingerprint density at radius 2 is 2.10 bits per heavy atom. The standard InChI is InChI=1S/C8H13NS/c9-7-4-1-5-3-10-8(7)6(5)2-4/h4-8H,1-3,9H2/t4-,5-,6-,7+,8+/m0/s1. The molecule has 0 aromatic rings. The van der Waals surface area contributed by atoms with E-state index in [0.29, 0.717) is 6.04 Å².